The predicted molar refractivity (Wildman–Crippen MR) is 91.7 cm³/mol. The minimum absolute atomic E-state index is 0.0354. The molecule has 1 N–H and O–H groups in total. The number of hydrogen-bond acceptors (Lipinski definition) is 6. The van der Waals surface area contributed by atoms with Crippen LogP contribution in [0.3, 0.4) is 0 Å². The third kappa shape index (κ3) is 4.39. The third-order valence-electron chi connectivity index (χ3n) is 4.29. The van der Waals surface area contributed by atoms with Gasteiger partial charge in [0.15, 0.2) is 5.75 Å². The molecule has 1 amide bonds. The fourth-order valence-electron chi connectivity index (χ4n) is 2.77. The van der Waals surface area contributed by atoms with E-state index in [-0.39, 0.29) is 49.5 Å². The van der Waals surface area contributed by atoms with Gasteiger partial charge in [0.1, 0.15) is 13.2 Å². The molecule has 28 heavy (non-hydrogen) atoms. The number of halogens is 3. The Morgan fingerprint density at radius 3 is 2.68 bits per heavy atom. The molecule has 7 nitrogen and oxygen atoms in total. The van der Waals surface area contributed by atoms with Crippen LogP contribution in [0, 0.1) is 6.92 Å². The highest BCUT2D eigenvalue weighted by Gasteiger charge is 2.34. The average Bonchev–Trinajstić information content (AvgIpc) is 2.67. The molecule has 1 unspecified atom stereocenters. The van der Waals surface area contributed by atoms with Crippen LogP contribution < -0.4 is 9.64 Å². The van der Waals surface area contributed by atoms with E-state index < -0.39 is 17.8 Å². The van der Waals surface area contributed by atoms with Gasteiger partial charge in [-0.25, -0.2) is 9.97 Å². The molecule has 1 fully saturated rings. The monoisotopic (exact) mass is 397 g/mol. The Balaban J connectivity index is 1.72. The normalized spacial score (nSPS) is 17.7. The molecule has 1 atom stereocenters. The van der Waals surface area contributed by atoms with E-state index in [1.807, 2.05) is 0 Å². The Kier molecular flexibility index (Phi) is 5.80. The van der Waals surface area contributed by atoms with E-state index in [4.69, 9.17) is 14.6 Å². The van der Waals surface area contributed by atoms with Crippen LogP contribution in [0.25, 0.3) is 0 Å². The zero-order chi connectivity index (χ0) is 20.3. The van der Waals surface area contributed by atoms with Crippen molar-refractivity contribution < 1.29 is 32.5 Å². The van der Waals surface area contributed by atoms with Crippen molar-refractivity contribution in [2.75, 3.05) is 24.7 Å². The van der Waals surface area contributed by atoms with E-state index in [2.05, 4.69) is 9.97 Å². The fraction of sp³-hybridized carbons (Fsp3) is 0.389. The third-order valence-corrected chi connectivity index (χ3v) is 4.29. The molecule has 1 aliphatic rings. The van der Waals surface area contributed by atoms with Crippen LogP contribution in [0.4, 0.5) is 19.1 Å². The number of rotatable bonds is 5. The molecule has 0 spiro atoms. The lowest BCUT2D eigenvalue weighted by Gasteiger charge is -2.30. The van der Waals surface area contributed by atoms with Gasteiger partial charge < -0.3 is 14.6 Å². The van der Waals surface area contributed by atoms with Gasteiger partial charge in [-0.1, -0.05) is 12.1 Å². The van der Waals surface area contributed by atoms with Crippen LogP contribution in [0.1, 0.15) is 16.7 Å². The number of nitrogens with zero attached hydrogens (tertiary/aromatic N) is 3. The van der Waals surface area contributed by atoms with Crippen molar-refractivity contribution >= 4 is 11.9 Å². The highest BCUT2D eigenvalue weighted by Crippen LogP contribution is 2.33. The molecule has 1 aliphatic heterocycles. The maximum absolute atomic E-state index is 13.2. The molecule has 0 radical (unpaired) electrons. The van der Waals surface area contributed by atoms with Gasteiger partial charge in [0.25, 0.3) is 5.91 Å². The Labute approximate surface area is 158 Å². The topological polar surface area (TPSA) is 84.8 Å². The van der Waals surface area contributed by atoms with E-state index in [1.54, 1.807) is 13.0 Å². The summed E-state index contributed by atoms with van der Waals surface area (Å²) in [6.45, 7) is 0.944. The van der Waals surface area contributed by atoms with E-state index in [0.29, 0.717) is 5.56 Å². The van der Waals surface area contributed by atoms with Crippen LogP contribution in [0.5, 0.6) is 5.75 Å². The minimum atomic E-state index is -4.48. The maximum Gasteiger partial charge on any atom is 0.416 e. The number of aromatic nitrogens is 2. The second kappa shape index (κ2) is 8.11. The average molecular weight is 397 g/mol. The van der Waals surface area contributed by atoms with E-state index in [9.17, 15) is 18.0 Å². The summed E-state index contributed by atoms with van der Waals surface area (Å²) in [6.07, 6.45) is -2.45. The van der Waals surface area contributed by atoms with Crippen molar-refractivity contribution in [1.29, 1.82) is 0 Å². The lowest BCUT2D eigenvalue weighted by Crippen LogP contribution is -2.48. The summed E-state index contributed by atoms with van der Waals surface area (Å²) >= 11 is 0. The molecule has 2 heterocycles. The van der Waals surface area contributed by atoms with E-state index >= 15 is 0 Å². The summed E-state index contributed by atoms with van der Waals surface area (Å²) in [7, 11) is 0. The van der Waals surface area contributed by atoms with Gasteiger partial charge in [-0.15, -0.1) is 0 Å². The Morgan fingerprint density at radius 2 is 2.04 bits per heavy atom. The highest BCUT2D eigenvalue weighted by molar-refractivity contribution is 5.93. The summed E-state index contributed by atoms with van der Waals surface area (Å²) in [5, 5.41) is 9.16. The van der Waals surface area contributed by atoms with Crippen molar-refractivity contribution in [3.63, 3.8) is 0 Å². The van der Waals surface area contributed by atoms with Crippen molar-refractivity contribution in [2.24, 2.45) is 0 Å². The van der Waals surface area contributed by atoms with Gasteiger partial charge in [-0.3, -0.25) is 9.69 Å². The Hall–Kier alpha value is -2.72. The quantitative estimate of drug-likeness (QED) is 0.832. The first-order valence-electron chi connectivity index (χ1n) is 8.43. The Bertz CT molecular complexity index is 843. The molecular weight excluding hydrogens is 379 g/mol. The van der Waals surface area contributed by atoms with Gasteiger partial charge in [-0.05, 0) is 18.6 Å². The number of anilines is 1. The second-order valence-corrected chi connectivity index (χ2v) is 6.23. The molecule has 1 aromatic carbocycles. The van der Waals surface area contributed by atoms with E-state index in [0.717, 1.165) is 6.07 Å². The number of benzene rings is 1. The Morgan fingerprint density at radius 1 is 1.32 bits per heavy atom. The number of amides is 1. The zero-order valence-electron chi connectivity index (χ0n) is 14.9. The number of hydrogen-bond donors (Lipinski definition) is 1. The van der Waals surface area contributed by atoms with Gasteiger partial charge in [-0.2, -0.15) is 13.2 Å². The summed E-state index contributed by atoms with van der Waals surface area (Å²) < 4.78 is 50.1. The molecule has 2 aromatic rings. The van der Waals surface area contributed by atoms with Crippen LogP contribution in [0.15, 0.2) is 30.6 Å². The van der Waals surface area contributed by atoms with Crippen LogP contribution in [-0.2, 0) is 22.3 Å². The predicted octanol–water partition coefficient (Wildman–Crippen LogP) is 2.11. The lowest BCUT2D eigenvalue weighted by molar-refractivity contribution is -0.138. The maximum atomic E-state index is 13.2. The molecular formula is C18H18F3N3O4. The van der Waals surface area contributed by atoms with Crippen molar-refractivity contribution in [3.8, 4) is 5.75 Å². The number of morpholine rings is 1. The zero-order valence-corrected chi connectivity index (χ0v) is 14.9. The van der Waals surface area contributed by atoms with Gasteiger partial charge >= 0.3 is 6.18 Å². The number of aryl methyl sites for hydroxylation is 1. The molecule has 0 saturated carbocycles. The molecule has 0 bridgehead atoms. The standard InChI is InChI=1S/C18H18F3N3O4/c1-11-3-2-4-15(18(19,20)21)14(11)9-27-12-5-22-17(23-6-12)24-7-13(8-25)28-10-16(24)26/h2-6,13,25H,7-10H2,1H3. The fourth-order valence-corrected chi connectivity index (χ4v) is 2.77. The molecule has 1 aromatic heterocycles. The SMILES string of the molecule is Cc1cccc(C(F)(F)F)c1COc1cnc(N2CC(CO)OCC2=O)nc1. The first-order chi connectivity index (χ1) is 13.3. The molecule has 3 rings (SSSR count). The lowest BCUT2D eigenvalue weighted by atomic mass is 10.0. The number of aliphatic hydroxyl groups excluding tert-OH is 1. The van der Waals surface area contributed by atoms with Crippen molar-refractivity contribution in [3.05, 3.63) is 47.3 Å². The van der Waals surface area contributed by atoms with E-state index in [1.165, 1.54) is 23.4 Å². The summed E-state index contributed by atoms with van der Waals surface area (Å²) in [6, 6.07) is 3.93. The largest absolute Gasteiger partial charge is 0.486 e. The summed E-state index contributed by atoms with van der Waals surface area (Å²) in [5.41, 5.74) is -0.256. The smallest absolute Gasteiger partial charge is 0.416 e. The number of aliphatic hydroxyl groups is 1. The van der Waals surface area contributed by atoms with Crippen LogP contribution >= 0.6 is 0 Å². The minimum Gasteiger partial charge on any atom is -0.486 e. The van der Waals surface area contributed by atoms with Crippen molar-refractivity contribution in [1.82, 2.24) is 9.97 Å². The van der Waals surface area contributed by atoms with Gasteiger partial charge in [0.05, 0.1) is 37.2 Å². The van der Waals surface area contributed by atoms with Gasteiger partial charge in [0.2, 0.25) is 5.95 Å². The first kappa shape index (κ1) is 20.0. The number of alkyl halides is 3. The van der Waals surface area contributed by atoms with Gasteiger partial charge in [0, 0.05) is 5.56 Å². The van der Waals surface area contributed by atoms with Crippen LogP contribution in [0.2, 0.25) is 0 Å². The summed E-state index contributed by atoms with van der Waals surface area (Å²) in [5.74, 6) is -0.0846. The first-order valence-corrected chi connectivity index (χ1v) is 8.43. The molecule has 10 heteroatoms. The number of carbonyl (C=O) groups is 1. The van der Waals surface area contributed by atoms with Crippen LogP contribution in [-0.4, -0.2) is 46.8 Å². The molecule has 1 saturated heterocycles. The highest BCUT2D eigenvalue weighted by atomic mass is 19.4. The van der Waals surface area contributed by atoms with Crippen molar-refractivity contribution in [2.45, 2.75) is 25.8 Å². The molecule has 0 aliphatic carbocycles. The molecule has 150 valence electrons. The summed E-state index contributed by atoms with van der Waals surface area (Å²) in [4.78, 5) is 21.3. The number of ether oxygens (including phenoxy) is 2. The second-order valence-electron chi connectivity index (χ2n) is 6.23. The number of carbonyl (C=O) groups excluding carboxylic acids is 1.